The van der Waals surface area contributed by atoms with E-state index in [1.165, 1.54) is 0 Å². The van der Waals surface area contributed by atoms with Gasteiger partial charge in [0.2, 0.25) is 0 Å². The van der Waals surface area contributed by atoms with Gasteiger partial charge in [-0.2, -0.15) is 0 Å². The van der Waals surface area contributed by atoms with Gasteiger partial charge in [0.15, 0.2) is 0 Å². The number of ether oxygens (including phenoxy) is 1. The van der Waals surface area contributed by atoms with Gasteiger partial charge >= 0.3 is 0 Å². The maximum absolute atomic E-state index is 11.4. The number of halogens is 1. The largest absolute Gasteiger partial charge is 0.383 e. The van der Waals surface area contributed by atoms with Crippen LogP contribution in [-0.2, 0) is 21.3 Å². The van der Waals surface area contributed by atoms with E-state index in [-0.39, 0.29) is 0 Å². The van der Waals surface area contributed by atoms with E-state index in [4.69, 9.17) is 16.3 Å². The normalized spacial score (nSPS) is 19.2. The Balaban J connectivity index is 1.93. The molecule has 1 N–H and O–H groups in total. The lowest BCUT2D eigenvalue weighted by Crippen LogP contribution is -2.24. The fourth-order valence-corrected chi connectivity index (χ4v) is 3.76. The van der Waals surface area contributed by atoms with Crippen LogP contribution < -0.4 is 5.32 Å². The summed E-state index contributed by atoms with van der Waals surface area (Å²) >= 11 is 6.16. The Morgan fingerprint density at radius 2 is 2.14 bits per heavy atom. The van der Waals surface area contributed by atoms with E-state index in [0.29, 0.717) is 16.8 Å². The lowest BCUT2D eigenvalue weighted by atomic mass is 9.93. The molecule has 2 rings (SSSR count). The standard InChI is InChI=1S/C16H24ClNO2S/c1-12(9-13-5-7-20-8-6-13)18-15-3-4-16(17)14(10-15)11-21(2)19/h3-4,10,12-13,18H,5-9,11H2,1-2H3/t12-,21+/m0/s1. The summed E-state index contributed by atoms with van der Waals surface area (Å²) in [4.78, 5) is 0. The summed E-state index contributed by atoms with van der Waals surface area (Å²) < 4.78 is 16.8. The van der Waals surface area contributed by atoms with Crippen molar-refractivity contribution in [2.45, 2.75) is 38.0 Å². The maximum Gasteiger partial charge on any atom is 0.0498 e. The summed E-state index contributed by atoms with van der Waals surface area (Å²) in [7, 11) is -0.880. The molecule has 0 unspecified atom stereocenters. The molecule has 3 nitrogen and oxygen atoms in total. The van der Waals surface area contributed by atoms with Gasteiger partial charge < -0.3 is 10.1 Å². The van der Waals surface area contributed by atoms with Gasteiger partial charge in [-0.05, 0) is 55.9 Å². The van der Waals surface area contributed by atoms with Gasteiger partial charge in [-0.25, -0.2) is 0 Å². The second-order valence-corrected chi connectivity index (χ2v) is 7.70. The van der Waals surface area contributed by atoms with Gasteiger partial charge in [-0.15, -0.1) is 0 Å². The van der Waals surface area contributed by atoms with Crippen molar-refractivity contribution < 1.29 is 8.95 Å². The summed E-state index contributed by atoms with van der Waals surface area (Å²) in [6, 6.07) is 6.30. The number of nitrogens with one attached hydrogen (secondary N) is 1. The quantitative estimate of drug-likeness (QED) is 0.861. The van der Waals surface area contributed by atoms with Crippen molar-refractivity contribution in [3.05, 3.63) is 28.8 Å². The number of benzene rings is 1. The van der Waals surface area contributed by atoms with Crippen molar-refractivity contribution in [1.82, 2.24) is 0 Å². The number of anilines is 1. The average Bonchev–Trinajstić information content (AvgIpc) is 2.43. The Morgan fingerprint density at radius 1 is 1.43 bits per heavy atom. The van der Waals surface area contributed by atoms with Crippen molar-refractivity contribution in [3.63, 3.8) is 0 Å². The molecule has 1 fully saturated rings. The molecule has 1 aromatic carbocycles. The van der Waals surface area contributed by atoms with Crippen LogP contribution >= 0.6 is 11.6 Å². The molecule has 0 amide bonds. The van der Waals surface area contributed by atoms with Crippen molar-refractivity contribution in [1.29, 1.82) is 0 Å². The van der Waals surface area contributed by atoms with Gasteiger partial charge in [0.25, 0.3) is 0 Å². The minimum atomic E-state index is -0.880. The molecule has 0 spiro atoms. The third-order valence-corrected chi connectivity index (χ3v) is 4.93. The minimum Gasteiger partial charge on any atom is -0.383 e. The van der Waals surface area contributed by atoms with Crippen molar-refractivity contribution in [2.75, 3.05) is 24.8 Å². The Morgan fingerprint density at radius 3 is 2.81 bits per heavy atom. The zero-order chi connectivity index (χ0) is 15.2. The third kappa shape index (κ3) is 5.61. The molecular formula is C16H24ClNO2S. The monoisotopic (exact) mass is 329 g/mol. The molecule has 1 heterocycles. The van der Waals surface area contributed by atoms with Gasteiger partial charge in [-0.3, -0.25) is 4.21 Å². The average molecular weight is 330 g/mol. The molecule has 0 saturated carbocycles. The van der Waals surface area contributed by atoms with E-state index >= 15 is 0 Å². The first-order valence-electron chi connectivity index (χ1n) is 7.47. The SMILES string of the molecule is C[C@@H](CC1CCOCC1)Nc1ccc(Cl)c(C[S@@](C)=O)c1. The zero-order valence-electron chi connectivity index (χ0n) is 12.7. The molecule has 5 heteroatoms. The first-order valence-corrected chi connectivity index (χ1v) is 9.58. The van der Waals surface area contributed by atoms with Crippen molar-refractivity contribution in [2.24, 2.45) is 5.92 Å². The van der Waals surface area contributed by atoms with Crippen LogP contribution in [0.5, 0.6) is 0 Å². The van der Waals surface area contributed by atoms with Crippen LogP contribution in [0.3, 0.4) is 0 Å². The van der Waals surface area contributed by atoms with Crippen LogP contribution in [0.4, 0.5) is 5.69 Å². The number of rotatable bonds is 6. The Bertz CT molecular complexity index is 489. The topological polar surface area (TPSA) is 38.3 Å². The summed E-state index contributed by atoms with van der Waals surface area (Å²) in [5, 5.41) is 4.22. The van der Waals surface area contributed by atoms with Crippen LogP contribution in [0.15, 0.2) is 18.2 Å². The molecular weight excluding hydrogens is 306 g/mol. The van der Waals surface area contributed by atoms with Crippen LogP contribution in [0.1, 0.15) is 31.7 Å². The van der Waals surface area contributed by atoms with Crippen LogP contribution in [0.25, 0.3) is 0 Å². The molecule has 2 atom stereocenters. The van der Waals surface area contributed by atoms with Crippen LogP contribution in [0.2, 0.25) is 5.02 Å². The highest BCUT2D eigenvalue weighted by Gasteiger charge is 2.17. The number of hydrogen-bond donors (Lipinski definition) is 1. The van der Waals surface area contributed by atoms with E-state index in [9.17, 15) is 4.21 Å². The summed E-state index contributed by atoms with van der Waals surface area (Å²) in [5.41, 5.74) is 2.00. The zero-order valence-corrected chi connectivity index (χ0v) is 14.3. The van der Waals surface area contributed by atoms with Gasteiger partial charge in [0, 0.05) is 52.8 Å². The van der Waals surface area contributed by atoms with Gasteiger partial charge in [-0.1, -0.05) is 11.6 Å². The highest BCUT2D eigenvalue weighted by atomic mass is 35.5. The summed E-state index contributed by atoms with van der Waals surface area (Å²) in [5.74, 6) is 1.25. The number of hydrogen-bond acceptors (Lipinski definition) is 3. The molecule has 1 saturated heterocycles. The lowest BCUT2D eigenvalue weighted by molar-refractivity contribution is 0.0629. The lowest BCUT2D eigenvalue weighted by Gasteiger charge is -2.26. The predicted molar refractivity (Wildman–Crippen MR) is 90.5 cm³/mol. The van der Waals surface area contributed by atoms with E-state index in [0.717, 1.165) is 49.6 Å². The second kappa shape index (κ2) is 8.16. The molecule has 1 aromatic rings. The molecule has 0 aromatic heterocycles. The highest BCUT2D eigenvalue weighted by molar-refractivity contribution is 7.83. The minimum absolute atomic E-state index is 0.411. The molecule has 1 aliphatic rings. The van der Waals surface area contributed by atoms with Gasteiger partial charge in [0.05, 0.1) is 0 Å². The van der Waals surface area contributed by atoms with E-state index < -0.39 is 10.8 Å². The van der Waals surface area contributed by atoms with Crippen molar-refractivity contribution in [3.8, 4) is 0 Å². The second-order valence-electron chi connectivity index (χ2n) is 5.86. The van der Waals surface area contributed by atoms with Crippen LogP contribution in [0, 0.1) is 5.92 Å². The molecule has 0 aliphatic carbocycles. The molecule has 21 heavy (non-hydrogen) atoms. The molecule has 0 bridgehead atoms. The smallest absolute Gasteiger partial charge is 0.0498 e. The van der Waals surface area contributed by atoms with E-state index in [2.05, 4.69) is 12.2 Å². The maximum atomic E-state index is 11.4. The fraction of sp³-hybridized carbons (Fsp3) is 0.625. The Kier molecular flexibility index (Phi) is 6.52. The molecule has 118 valence electrons. The predicted octanol–water partition coefficient (Wildman–Crippen LogP) is 3.84. The molecule has 0 radical (unpaired) electrons. The Labute approximate surface area is 134 Å². The van der Waals surface area contributed by atoms with E-state index in [1.54, 1.807) is 6.26 Å². The highest BCUT2D eigenvalue weighted by Crippen LogP contribution is 2.25. The fourth-order valence-electron chi connectivity index (χ4n) is 2.82. The summed E-state index contributed by atoms with van der Waals surface area (Å²) in [6.07, 6.45) is 5.17. The summed E-state index contributed by atoms with van der Waals surface area (Å²) in [6.45, 7) is 4.00. The Hall–Kier alpha value is -0.580. The first-order chi connectivity index (χ1) is 10.0. The van der Waals surface area contributed by atoms with Gasteiger partial charge in [0.1, 0.15) is 0 Å². The van der Waals surface area contributed by atoms with Crippen LogP contribution in [-0.4, -0.2) is 29.7 Å². The third-order valence-electron chi connectivity index (χ3n) is 3.85. The van der Waals surface area contributed by atoms with Crippen molar-refractivity contribution >= 4 is 28.1 Å². The molecule has 1 aliphatic heterocycles. The van der Waals surface area contributed by atoms with E-state index in [1.807, 2.05) is 18.2 Å². The first kappa shape index (κ1) is 16.8.